The van der Waals surface area contributed by atoms with E-state index in [1.807, 2.05) is 27.7 Å². The minimum Gasteiger partial charge on any atom is -0.482 e. The van der Waals surface area contributed by atoms with Gasteiger partial charge in [0.05, 0.1) is 17.8 Å². The number of benzene rings is 1. The quantitative estimate of drug-likeness (QED) is 0.414. The number of hydrogen-bond acceptors (Lipinski definition) is 8. The molecule has 0 saturated carbocycles. The molecule has 1 aliphatic heterocycles. The number of fused-ring (bicyclic) bond motifs is 4. The second-order valence-electron chi connectivity index (χ2n) is 7.63. The molecule has 37 heavy (non-hydrogen) atoms. The van der Waals surface area contributed by atoms with E-state index >= 15 is 0 Å². The van der Waals surface area contributed by atoms with Gasteiger partial charge in [-0.15, -0.1) is 5.10 Å². The molecule has 0 bridgehead atoms. The molecule has 0 aliphatic carbocycles. The largest absolute Gasteiger partial charge is 0.482 e. The fourth-order valence-corrected chi connectivity index (χ4v) is 3.84. The first kappa shape index (κ1) is 28.7. The maximum Gasteiger partial charge on any atom is 0.346 e. The van der Waals surface area contributed by atoms with Crippen LogP contribution in [0.15, 0.2) is 40.6 Å². The zero-order valence-corrected chi connectivity index (χ0v) is 22.2. The average molecular weight is 512 g/mol. The van der Waals surface area contributed by atoms with Crippen LogP contribution in [0.2, 0.25) is 0 Å². The second kappa shape index (κ2) is 11.9. The third kappa shape index (κ3) is 5.50. The van der Waals surface area contributed by atoms with Gasteiger partial charge in [-0.2, -0.15) is 10.4 Å². The molecule has 1 atom stereocenters. The molecule has 12 heteroatoms. The van der Waals surface area contributed by atoms with E-state index in [1.165, 1.54) is 45.3 Å². The van der Waals surface area contributed by atoms with Crippen LogP contribution in [0.1, 0.15) is 63.2 Å². The highest BCUT2D eigenvalue weighted by molar-refractivity contribution is 5.71. The Labute approximate surface area is 215 Å². The van der Waals surface area contributed by atoms with Crippen LogP contribution in [0.25, 0.3) is 17.1 Å². The minimum absolute atomic E-state index is 0.0371. The lowest BCUT2D eigenvalue weighted by molar-refractivity contribution is 0.140. The summed E-state index contributed by atoms with van der Waals surface area (Å²) in [5.41, 5.74) is 19.4. The van der Waals surface area contributed by atoms with E-state index in [9.17, 15) is 14.4 Å². The van der Waals surface area contributed by atoms with Gasteiger partial charge in [0.1, 0.15) is 29.5 Å². The van der Waals surface area contributed by atoms with Crippen molar-refractivity contribution < 1.29 is 9.13 Å². The molecule has 3 aromatic rings. The third-order valence-corrected chi connectivity index (χ3v) is 5.40. The molecule has 0 radical (unpaired) electrons. The lowest BCUT2D eigenvalue weighted by Gasteiger charge is -2.21. The van der Waals surface area contributed by atoms with Gasteiger partial charge in [0, 0.05) is 37.0 Å². The number of nitrogens with two attached hydrogens (primary N) is 3. The summed E-state index contributed by atoms with van der Waals surface area (Å²) >= 11 is 0. The first-order valence-electron chi connectivity index (χ1n) is 11.9. The summed E-state index contributed by atoms with van der Waals surface area (Å²) in [7, 11) is 3.10. The molecule has 0 fully saturated rings. The zero-order chi connectivity index (χ0) is 28.0. The van der Waals surface area contributed by atoms with E-state index in [0.29, 0.717) is 22.4 Å². The molecular weight excluding hydrogens is 477 g/mol. The van der Waals surface area contributed by atoms with Crippen molar-refractivity contribution in [2.75, 3.05) is 0 Å². The van der Waals surface area contributed by atoms with Crippen molar-refractivity contribution in [3.63, 3.8) is 0 Å². The van der Waals surface area contributed by atoms with Crippen molar-refractivity contribution in [2.24, 2.45) is 31.3 Å². The number of nitrogens with zero attached hydrogens (tertiary/aromatic N) is 6. The lowest BCUT2D eigenvalue weighted by atomic mass is 10.0. The fraction of sp³-hybridized carbons (Fsp3) is 0.360. The number of allylic oxidation sites excluding steroid dienone is 1. The number of aromatic nitrogens is 5. The number of nitriles is 1. The topological polar surface area (TPSA) is 169 Å². The van der Waals surface area contributed by atoms with Crippen LogP contribution in [-0.2, 0) is 25.4 Å². The van der Waals surface area contributed by atoms with Crippen LogP contribution in [0, 0.1) is 17.1 Å². The van der Waals surface area contributed by atoms with E-state index in [2.05, 4.69) is 16.3 Å². The van der Waals surface area contributed by atoms with Crippen LogP contribution in [0.5, 0.6) is 0 Å². The number of aryl methyl sites for hydroxylation is 2. The van der Waals surface area contributed by atoms with Crippen LogP contribution in [0.4, 0.5) is 4.39 Å². The number of hydrogen-bond donors (Lipinski definition) is 3. The van der Waals surface area contributed by atoms with Crippen LogP contribution in [0.3, 0.4) is 0 Å². The van der Waals surface area contributed by atoms with Crippen molar-refractivity contribution in [3.05, 3.63) is 74.7 Å². The Bertz CT molecular complexity index is 1430. The van der Waals surface area contributed by atoms with Crippen LogP contribution >= 0.6 is 0 Å². The lowest BCUT2D eigenvalue weighted by Crippen LogP contribution is -2.24. The first-order chi connectivity index (χ1) is 17.6. The van der Waals surface area contributed by atoms with Crippen LogP contribution in [-0.4, -0.2) is 24.1 Å². The molecule has 3 heterocycles. The van der Waals surface area contributed by atoms with Gasteiger partial charge in [0.25, 0.3) is 0 Å². The predicted molar refractivity (Wildman–Crippen MR) is 140 cm³/mol. The summed E-state index contributed by atoms with van der Waals surface area (Å²) in [6, 6.07) is 6.17. The van der Waals surface area contributed by atoms with E-state index in [4.69, 9.17) is 21.9 Å². The van der Waals surface area contributed by atoms with Crippen molar-refractivity contribution in [2.45, 2.75) is 47.3 Å². The monoisotopic (exact) mass is 511 g/mol. The maximum atomic E-state index is 14.2. The molecule has 6 N–H and O–H groups in total. The Morgan fingerprint density at radius 1 is 1.16 bits per heavy atom. The summed E-state index contributed by atoms with van der Waals surface area (Å²) in [4.78, 5) is 13.0. The summed E-state index contributed by atoms with van der Waals surface area (Å²) in [5, 5.41) is 18.5. The third-order valence-electron chi connectivity index (χ3n) is 5.40. The van der Waals surface area contributed by atoms with Gasteiger partial charge in [-0.25, -0.2) is 13.9 Å². The Kier molecular flexibility index (Phi) is 9.26. The molecule has 11 nitrogen and oxygen atoms in total. The Morgan fingerprint density at radius 3 is 2.41 bits per heavy atom. The maximum absolute atomic E-state index is 14.2. The SMILES string of the molecule is CC.CC.CC1OC(=C(N)N)/C=C(\N)c2c(nn(C)c2C#N)Cn2c(nn(C)c2=O)-c2ccc(F)cc21. The highest BCUT2D eigenvalue weighted by atomic mass is 19.1. The Hall–Kier alpha value is -4.53. The first-order valence-corrected chi connectivity index (χ1v) is 11.9. The molecule has 1 aromatic carbocycles. The van der Waals surface area contributed by atoms with Crippen LogP contribution < -0.4 is 22.9 Å². The minimum atomic E-state index is -0.745. The number of halogens is 1. The summed E-state index contributed by atoms with van der Waals surface area (Å²) in [5.74, 6) is -0.322. The highest BCUT2D eigenvalue weighted by Crippen LogP contribution is 2.33. The van der Waals surface area contributed by atoms with Gasteiger partial charge < -0.3 is 21.9 Å². The number of rotatable bonds is 0. The van der Waals surface area contributed by atoms with Crippen molar-refractivity contribution in [3.8, 4) is 17.5 Å². The predicted octanol–water partition coefficient (Wildman–Crippen LogP) is 2.57. The zero-order valence-electron chi connectivity index (χ0n) is 22.2. The van der Waals surface area contributed by atoms with Crippen molar-refractivity contribution in [1.29, 1.82) is 5.26 Å². The summed E-state index contributed by atoms with van der Waals surface area (Å²) < 4.78 is 24.1. The normalized spacial score (nSPS) is 15.7. The van der Waals surface area contributed by atoms with Crippen molar-refractivity contribution >= 4 is 5.70 Å². The number of ether oxygens (including phenoxy) is 1. The standard InChI is InChI=1S/C21H22FN9O2.2C2H6/c1-10-13-6-11(22)4-5-12(13)20-28-30(3)21(32)31(20)9-15-18(16(8-23)29(2)27-15)14(24)7-17(33-10)19(25)26;2*1-2/h4-7,10H,9,24-26H2,1-3H3;2*1-2H3/b14-7-;;. The molecule has 1 aliphatic rings. The molecule has 0 spiro atoms. The molecule has 198 valence electrons. The molecule has 0 saturated heterocycles. The molecule has 4 rings (SSSR count). The van der Waals surface area contributed by atoms with E-state index in [0.717, 1.165) is 0 Å². The second-order valence-corrected chi connectivity index (χ2v) is 7.63. The average Bonchev–Trinajstić information content (AvgIpc) is 3.35. The van der Waals surface area contributed by atoms with Gasteiger partial charge in [-0.05, 0) is 25.1 Å². The van der Waals surface area contributed by atoms with Gasteiger partial charge >= 0.3 is 5.69 Å². The molecular formula is C25H34FN9O2. The van der Waals surface area contributed by atoms with E-state index < -0.39 is 17.6 Å². The summed E-state index contributed by atoms with van der Waals surface area (Å²) in [6.45, 7) is 9.64. The fourth-order valence-electron chi connectivity index (χ4n) is 3.84. The summed E-state index contributed by atoms with van der Waals surface area (Å²) in [6.07, 6.45) is 0.645. The van der Waals surface area contributed by atoms with Gasteiger partial charge in [-0.1, -0.05) is 27.7 Å². The Balaban J connectivity index is 0.00000115. The van der Waals surface area contributed by atoms with Crippen molar-refractivity contribution in [1.82, 2.24) is 24.1 Å². The van der Waals surface area contributed by atoms with Gasteiger partial charge in [-0.3, -0.25) is 9.25 Å². The molecule has 1 unspecified atom stereocenters. The molecule has 2 aromatic heterocycles. The Morgan fingerprint density at radius 2 is 1.81 bits per heavy atom. The van der Waals surface area contributed by atoms with Gasteiger partial charge in [0.15, 0.2) is 11.6 Å². The van der Waals surface area contributed by atoms with E-state index in [1.54, 1.807) is 14.0 Å². The van der Waals surface area contributed by atoms with E-state index in [-0.39, 0.29) is 35.3 Å². The smallest absolute Gasteiger partial charge is 0.346 e. The molecule has 0 amide bonds. The van der Waals surface area contributed by atoms with Gasteiger partial charge in [0.2, 0.25) is 0 Å². The highest BCUT2D eigenvalue weighted by Gasteiger charge is 2.26.